The third-order valence-electron chi connectivity index (χ3n) is 3.40. The molecule has 118 valence electrons. The summed E-state index contributed by atoms with van der Waals surface area (Å²) >= 11 is 1.29. The van der Waals surface area contributed by atoms with Crippen molar-refractivity contribution in [1.29, 1.82) is 0 Å². The summed E-state index contributed by atoms with van der Waals surface area (Å²) in [5.74, 6) is -0.929. The van der Waals surface area contributed by atoms with Gasteiger partial charge in [-0.3, -0.25) is 9.59 Å². The van der Waals surface area contributed by atoms with Crippen molar-refractivity contribution >= 4 is 23.6 Å². The zero-order valence-corrected chi connectivity index (χ0v) is 13.6. The number of carbonyl (C=O) groups is 2. The normalized spacial score (nSPS) is 14.0. The van der Waals surface area contributed by atoms with Crippen molar-refractivity contribution < 1.29 is 14.7 Å². The van der Waals surface area contributed by atoms with Crippen LogP contribution in [0.3, 0.4) is 0 Å². The average Bonchev–Trinajstić information content (AvgIpc) is 2.90. The molecule has 1 amide bonds. The van der Waals surface area contributed by atoms with Crippen LogP contribution in [0.4, 0.5) is 0 Å². The fourth-order valence-corrected chi connectivity index (χ4v) is 2.39. The highest BCUT2D eigenvalue weighted by Gasteiger charge is 2.31. The molecule has 1 unspecified atom stereocenters. The molecule has 1 atom stereocenters. The number of aromatic nitrogens is 3. The van der Waals surface area contributed by atoms with Crippen LogP contribution in [0, 0.1) is 5.41 Å². The van der Waals surface area contributed by atoms with E-state index in [0.717, 1.165) is 0 Å². The molecule has 21 heavy (non-hydrogen) atoms. The van der Waals surface area contributed by atoms with Gasteiger partial charge in [0.1, 0.15) is 6.33 Å². The molecule has 0 radical (unpaired) electrons. The summed E-state index contributed by atoms with van der Waals surface area (Å²) < 4.78 is 1.88. The summed E-state index contributed by atoms with van der Waals surface area (Å²) in [6.07, 6.45) is 2.08. The van der Waals surface area contributed by atoms with E-state index in [9.17, 15) is 9.59 Å². The molecule has 7 nitrogen and oxygen atoms in total. The number of thioether (sulfide) groups is 1. The zero-order valence-electron chi connectivity index (χ0n) is 12.8. The van der Waals surface area contributed by atoms with Gasteiger partial charge in [0, 0.05) is 12.6 Å². The molecule has 1 rings (SSSR count). The monoisotopic (exact) mass is 314 g/mol. The van der Waals surface area contributed by atoms with E-state index in [4.69, 9.17) is 5.11 Å². The summed E-state index contributed by atoms with van der Waals surface area (Å²) in [6.45, 7) is 7.55. The number of carbonyl (C=O) groups excluding carboxylic acids is 1. The van der Waals surface area contributed by atoms with E-state index < -0.39 is 11.4 Å². The van der Waals surface area contributed by atoms with Gasteiger partial charge in [-0.1, -0.05) is 18.7 Å². The van der Waals surface area contributed by atoms with Crippen molar-refractivity contribution in [1.82, 2.24) is 20.1 Å². The minimum Gasteiger partial charge on any atom is -0.481 e. The molecule has 0 saturated carbocycles. The molecular weight excluding hydrogens is 292 g/mol. The molecule has 0 spiro atoms. The predicted molar refractivity (Wildman–Crippen MR) is 80.2 cm³/mol. The van der Waals surface area contributed by atoms with E-state index in [1.807, 2.05) is 18.4 Å². The predicted octanol–water partition coefficient (Wildman–Crippen LogP) is 1.57. The lowest BCUT2D eigenvalue weighted by atomic mass is 9.88. The summed E-state index contributed by atoms with van der Waals surface area (Å²) in [7, 11) is 0. The van der Waals surface area contributed by atoms with Crippen molar-refractivity contribution in [2.24, 2.45) is 5.41 Å². The standard InChI is InChI=1S/C13H22N4O3S/c1-5-13(4,11(19)20)7-14-10(18)6-21-12-16-15-8-17(12)9(2)3/h8-9H,5-7H2,1-4H3,(H,14,18)(H,19,20). The van der Waals surface area contributed by atoms with Gasteiger partial charge >= 0.3 is 5.97 Å². The zero-order chi connectivity index (χ0) is 16.0. The van der Waals surface area contributed by atoms with Gasteiger partial charge in [0.25, 0.3) is 0 Å². The second-order valence-electron chi connectivity index (χ2n) is 5.40. The Morgan fingerprint density at radius 1 is 1.52 bits per heavy atom. The Kier molecular flexibility index (Phi) is 6.19. The van der Waals surface area contributed by atoms with Crippen molar-refractivity contribution in [2.75, 3.05) is 12.3 Å². The van der Waals surface area contributed by atoms with Gasteiger partial charge in [-0.05, 0) is 27.2 Å². The van der Waals surface area contributed by atoms with Crippen LogP contribution >= 0.6 is 11.8 Å². The molecule has 0 aliphatic rings. The van der Waals surface area contributed by atoms with Crippen LogP contribution < -0.4 is 5.32 Å². The van der Waals surface area contributed by atoms with Crippen LogP contribution in [-0.4, -0.2) is 44.0 Å². The quantitative estimate of drug-likeness (QED) is 0.707. The maximum atomic E-state index is 11.8. The Bertz CT molecular complexity index is 503. The number of nitrogens with zero attached hydrogens (tertiary/aromatic N) is 3. The topological polar surface area (TPSA) is 97.1 Å². The van der Waals surface area contributed by atoms with Crippen LogP contribution in [0.2, 0.25) is 0 Å². The van der Waals surface area contributed by atoms with Gasteiger partial charge in [-0.25, -0.2) is 0 Å². The number of rotatable bonds is 8. The second kappa shape index (κ2) is 7.44. The van der Waals surface area contributed by atoms with Crippen molar-refractivity contribution in [2.45, 2.75) is 45.3 Å². The lowest BCUT2D eigenvalue weighted by Gasteiger charge is -2.23. The number of nitrogens with one attached hydrogen (secondary N) is 1. The van der Waals surface area contributed by atoms with E-state index in [2.05, 4.69) is 15.5 Å². The molecule has 1 heterocycles. The van der Waals surface area contributed by atoms with E-state index in [1.54, 1.807) is 20.2 Å². The first-order valence-electron chi connectivity index (χ1n) is 6.82. The van der Waals surface area contributed by atoms with Gasteiger partial charge < -0.3 is 15.0 Å². The van der Waals surface area contributed by atoms with Crippen LogP contribution in [-0.2, 0) is 9.59 Å². The molecule has 8 heteroatoms. The van der Waals surface area contributed by atoms with Crippen LogP contribution in [0.5, 0.6) is 0 Å². The number of hydrogen-bond donors (Lipinski definition) is 2. The Labute approximate surface area is 128 Å². The first kappa shape index (κ1) is 17.5. The number of carboxylic acid groups (broad SMARTS) is 1. The molecule has 0 aromatic carbocycles. The van der Waals surface area contributed by atoms with Gasteiger partial charge in [-0.15, -0.1) is 10.2 Å². The van der Waals surface area contributed by atoms with E-state index in [1.165, 1.54) is 11.8 Å². The maximum Gasteiger partial charge on any atom is 0.311 e. The summed E-state index contributed by atoms with van der Waals surface area (Å²) in [6, 6.07) is 0.223. The molecule has 1 aromatic rings. The van der Waals surface area contributed by atoms with Gasteiger partial charge in [0.15, 0.2) is 5.16 Å². The van der Waals surface area contributed by atoms with Crippen molar-refractivity contribution in [3.63, 3.8) is 0 Å². The molecule has 0 saturated heterocycles. The Balaban J connectivity index is 2.48. The summed E-state index contributed by atoms with van der Waals surface area (Å²) in [5, 5.41) is 20.3. The Morgan fingerprint density at radius 3 is 2.71 bits per heavy atom. The third-order valence-corrected chi connectivity index (χ3v) is 4.36. The van der Waals surface area contributed by atoms with E-state index in [0.29, 0.717) is 11.6 Å². The van der Waals surface area contributed by atoms with Crippen LogP contribution in [0.15, 0.2) is 11.5 Å². The lowest BCUT2D eigenvalue weighted by Crippen LogP contribution is -2.41. The molecular formula is C13H22N4O3S. The maximum absolute atomic E-state index is 11.8. The first-order valence-corrected chi connectivity index (χ1v) is 7.81. The summed E-state index contributed by atoms with van der Waals surface area (Å²) in [5.41, 5.74) is -0.932. The molecule has 0 bridgehead atoms. The largest absolute Gasteiger partial charge is 0.481 e. The van der Waals surface area contributed by atoms with Gasteiger partial charge in [0.05, 0.1) is 11.2 Å². The van der Waals surface area contributed by atoms with Crippen molar-refractivity contribution in [3.8, 4) is 0 Å². The highest BCUT2D eigenvalue weighted by atomic mass is 32.2. The average molecular weight is 314 g/mol. The number of hydrogen-bond acceptors (Lipinski definition) is 5. The molecule has 1 aromatic heterocycles. The highest BCUT2D eigenvalue weighted by Crippen LogP contribution is 2.21. The van der Waals surface area contributed by atoms with E-state index in [-0.39, 0.29) is 24.2 Å². The number of amides is 1. The lowest BCUT2D eigenvalue weighted by molar-refractivity contribution is -0.148. The fourth-order valence-electron chi connectivity index (χ4n) is 1.52. The second-order valence-corrected chi connectivity index (χ2v) is 6.34. The van der Waals surface area contributed by atoms with Crippen LogP contribution in [0.1, 0.15) is 40.2 Å². The van der Waals surface area contributed by atoms with Gasteiger partial charge in [0.2, 0.25) is 5.91 Å². The SMILES string of the molecule is CCC(C)(CNC(=O)CSc1nncn1C(C)C)C(=O)O. The summed E-state index contributed by atoms with van der Waals surface area (Å²) in [4.78, 5) is 23.0. The third kappa shape index (κ3) is 4.73. The van der Waals surface area contributed by atoms with Crippen molar-refractivity contribution in [3.05, 3.63) is 6.33 Å². The number of aliphatic carboxylic acids is 1. The smallest absolute Gasteiger partial charge is 0.311 e. The minimum atomic E-state index is -0.932. The van der Waals surface area contributed by atoms with Crippen LogP contribution in [0.25, 0.3) is 0 Å². The fraction of sp³-hybridized carbons (Fsp3) is 0.692. The molecule has 0 fully saturated rings. The van der Waals surface area contributed by atoms with E-state index >= 15 is 0 Å². The minimum absolute atomic E-state index is 0.120. The van der Waals surface area contributed by atoms with Gasteiger partial charge in [-0.2, -0.15) is 0 Å². The molecule has 2 N–H and O–H groups in total. The highest BCUT2D eigenvalue weighted by molar-refractivity contribution is 7.99. The number of carboxylic acids is 1. The molecule has 0 aliphatic heterocycles. The Morgan fingerprint density at radius 2 is 2.19 bits per heavy atom. The first-order chi connectivity index (χ1) is 9.80. The Hall–Kier alpha value is -1.57. The molecule has 0 aliphatic carbocycles.